The molecule has 0 saturated heterocycles. The van der Waals surface area contributed by atoms with Crippen LogP contribution in [0.5, 0.6) is 0 Å². The number of halogens is 3. The second kappa shape index (κ2) is 6.14. The molecule has 2 aromatic rings. The van der Waals surface area contributed by atoms with Crippen molar-refractivity contribution in [1.82, 2.24) is 0 Å². The Morgan fingerprint density at radius 1 is 1.11 bits per heavy atom. The van der Waals surface area contributed by atoms with Crippen LogP contribution in [0.25, 0.3) is 0 Å². The molecule has 100 valence electrons. The van der Waals surface area contributed by atoms with Crippen molar-refractivity contribution in [2.24, 2.45) is 5.73 Å². The minimum absolute atomic E-state index is 0.235. The first-order chi connectivity index (χ1) is 8.97. The first-order valence-corrected chi connectivity index (χ1v) is 7.22. The first kappa shape index (κ1) is 14.7. The van der Waals surface area contributed by atoms with Gasteiger partial charge < -0.3 is 5.73 Å². The highest BCUT2D eigenvalue weighted by Crippen LogP contribution is 2.35. The molecule has 1 unspecified atom stereocenters. The number of hydrogen-bond donors (Lipinski definition) is 1. The van der Waals surface area contributed by atoms with Crippen LogP contribution in [0.1, 0.15) is 18.5 Å². The molecule has 2 rings (SSSR count). The van der Waals surface area contributed by atoms with Crippen LogP contribution in [0.2, 0.25) is 10.0 Å². The van der Waals surface area contributed by atoms with Crippen molar-refractivity contribution in [2.75, 3.05) is 0 Å². The van der Waals surface area contributed by atoms with Gasteiger partial charge in [-0.1, -0.05) is 35.0 Å². The van der Waals surface area contributed by atoms with E-state index in [9.17, 15) is 4.39 Å². The molecular weight excluding hydrogens is 304 g/mol. The molecule has 0 amide bonds. The molecule has 0 aliphatic carbocycles. The topological polar surface area (TPSA) is 26.0 Å². The Morgan fingerprint density at radius 2 is 1.84 bits per heavy atom. The molecular formula is C14H12Cl2FNS. The van der Waals surface area contributed by atoms with Crippen molar-refractivity contribution in [3.05, 3.63) is 57.8 Å². The smallest absolute Gasteiger partial charge is 0.123 e. The number of hydrogen-bond acceptors (Lipinski definition) is 2. The molecule has 0 heterocycles. The van der Waals surface area contributed by atoms with Crippen LogP contribution >= 0.6 is 35.0 Å². The zero-order valence-electron chi connectivity index (χ0n) is 10.2. The summed E-state index contributed by atoms with van der Waals surface area (Å²) >= 11 is 13.3. The van der Waals surface area contributed by atoms with Gasteiger partial charge >= 0.3 is 0 Å². The van der Waals surface area contributed by atoms with Gasteiger partial charge in [0.05, 0.1) is 10.0 Å². The summed E-state index contributed by atoms with van der Waals surface area (Å²) in [5.41, 5.74) is 6.64. The maximum atomic E-state index is 13.3. The van der Waals surface area contributed by atoms with E-state index >= 15 is 0 Å². The SMILES string of the molecule is CC(N)c1cc(F)ccc1Sc1ccc(Cl)c(Cl)c1. The summed E-state index contributed by atoms with van der Waals surface area (Å²) < 4.78 is 13.3. The van der Waals surface area contributed by atoms with E-state index in [4.69, 9.17) is 28.9 Å². The fourth-order valence-corrected chi connectivity index (χ4v) is 3.06. The molecule has 1 atom stereocenters. The molecule has 0 saturated carbocycles. The largest absolute Gasteiger partial charge is 0.324 e. The zero-order chi connectivity index (χ0) is 14.0. The van der Waals surface area contributed by atoms with Gasteiger partial charge in [-0.15, -0.1) is 0 Å². The highest BCUT2D eigenvalue weighted by molar-refractivity contribution is 7.99. The summed E-state index contributed by atoms with van der Waals surface area (Å²) in [5.74, 6) is -0.286. The average Bonchev–Trinajstić information content (AvgIpc) is 2.36. The summed E-state index contributed by atoms with van der Waals surface area (Å²) in [5, 5.41) is 1.01. The monoisotopic (exact) mass is 315 g/mol. The van der Waals surface area contributed by atoms with Crippen LogP contribution in [0.4, 0.5) is 4.39 Å². The second-order valence-electron chi connectivity index (χ2n) is 4.15. The van der Waals surface area contributed by atoms with Crippen LogP contribution in [-0.4, -0.2) is 0 Å². The third-order valence-corrected chi connectivity index (χ3v) is 4.40. The van der Waals surface area contributed by atoms with Gasteiger partial charge in [-0.05, 0) is 48.9 Å². The molecule has 0 aromatic heterocycles. The van der Waals surface area contributed by atoms with Crippen molar-refractivity contribution in [3.63, 3.8) is 0 Å². The van der Waals surface area contributed by atoms with Gasteiger partial charge in [0.2, 0.25) is 0 Å². The minimum Gasteiger partial charge on any atom is -0.324 e. The Bertz CT molecular complexity index is 602. The summed E-state index contributed by atoms with van der Waals surface area (Å²) in [6.07, 6.45) is 0. The van der Waals surface area contributed by atoms with E-state index in [2.05, 4.69) is 0 Å². The normalized spacial score (nSPS) is 12.5. The maximum absolute atomic E-state index is 13.3. The predicted octanol–water partition coefficient (Wildman–Crippen LogP) is 5.30. The zero-order valence-corrected chi connectivity index (χ0v) is 12.5. The fourth-order valence-electron chi connectivity index (χ4n) is 1.64. The van der Waals surface area contributed by atoms with Gasteiger partial charge in [0, 0.05) is 15.8 Å². The van der Waals surface area contributed by atoms with Crippen LogP contribution in [0.3, 0.4) is 0 Å². The number of rotatable bonds is 3. The lowest BCUT2D eigenvalue weighted by atomic mass is 10.1. The predicted molar refractivity (Wildman–Crippen MR) is 79.6 cm³/mol. The Morgan fingerprint density at radius 3 is 2.47 bits per heavy atom. The van der Waals surface area contributed by atoms with Gasteiger partial charge in [0.15, 0.2) is 0 Å². The lowest BCUT2D eigenvalue weighted by molar-refractivity contribution is 0.619. The van der Waals surface area contributed by atoms with Gasteiger partial charge in [-0.2, -0.15) is 0 Å². The molecule has 5 heteroatoms. The highest BCUT2D eigenvalue weighted by Gasteiger charge is 2.10. The molecule has 2 N–H and O–H groups in total. The Kier molecular flexibility index (Phi) is 4.74. The summed E-state index contributed by atoms with van der Waals surface area (Å²) in [4.78, 5) is 1.85. The van der Waals surface area contributed by atoms with E-state index in [1.165, 1.54) is 23.9 Å². The van der Waals surface area contributed by atoms with E-state index < -0.39 is 0 Å². The van der Waals surface area contributed by atoms with Crippen molar-refractivity contribution < 1.29 is 4.39 Å². The van der Waals surface area contributed by atoms with Crippen LogP contribution in [0.15, 0.2) is 46.2 Å². The van der Waals surface area contributed by atoms with E-state index in [1.807, 2.05) is 13.0 Å². The lowest BCUT2D eigenvalue weighted by Gasteiger charge is -2.12. The van der Waals surface area contributed by atoms with E-state index in [0.29, 0.717) is 10.0 Å². The van der Waals surface area contributed by atoms with E-state index in [-0.39, 0.29) is 11.9 Å². The van der Waals surface area contributed by atoms with Gasteiger partial charge in [-0.3, -0.25) is 0 Å². The van der Waals surface area contributed by atoms with E-state index in [0.717, 1.165) is 15.4 Å². The minimum atomic E-state index is -0.286. The standard InChI is InChI=1S/C14H12Cl2FNS/c1-8(18)11-6-9(17)2-5-14(11)19-10-3-4-12(15)13(16)7-10/h2-8H,18H2,1H3. The molecule has 0 bridgehead atoms. The maximum Gasteiger partial charge on any atom is 0.123 e. The fraction of sp³-hybridized carbons (Fsp3) is 0.143. The third kappa shape index (κ3) is 3.63. The van der Waals surface area contributed by atoms with E-state index in [1.54, 1.807) is 18.2 Å². The average molecular weight is 316 g/mol. The molecule has 0 aliphatic heterocycles. The molecule has 0 aliphatic rings. The van der Waals surface area contributed by atoms with Crippen molar-refractivity contribution >= 4 is 35.0 Å². The molecule has 0 radical (unpaired) electrons. The second-order valence-corrected chi connectivity index (χ2v) is 6.08. The van der Waals surface area contributed by atoms with Crippen LogP contribution < -0.4 is 5.73 Å². The van der Waals surface area contributed by atoms with Gasteiger partial charge in [0.25, 0.3) is 0 Å². The van der Waals surface area contributed by atoms with Crippen molar-refractivity contribution in [3.8, 4) is 0 Å². The first-order valence-electron chi connectivity index (χ1n) is 5.65. The van der Waals surface area contributed by atoms with Crippen LogP contribution in [-0.2, 0) is 0 Å². The highest BCUT2D eigenvalue weighted by atomic mass is 35.5. The van der Waals surface area contributed by atoms with Gasteiger partial charge in [0.1, 0.15) is 5.82 Å². The number of nitrogens with two attached hydrogens (primary N) is 1. The quantitative estimate of drug-likeness (QED) is 0.831. The Hall–Kier alpha value is -0.740. The Labute approximate surface area is 125 Å². The summed E-state index contributed by atoms with van der Waals surface area (Å²) in [7, 11) is 0. The van der Waals surface area contributed by atoms with Crippen molar-refractivity contribution in [1.29, 1.82) is 0 Å². The van der Waals surface area contributed by atoms with Crippen LogP contribution in [0, 0.1) is 5.82 Å². The molecule has 0 fully saturated rings. The molecule has 0 spiro atoms. The molecule has 19 heavy (non-hydrogen) atoms. The molecule has 1 nitrogen and oxygen atoms in total. The van der Waals surface area contributed by atoms with Gasteiger partial charge in [-0.25, -0.2) is 4.39 Å². The van der Waals surface area contributed by atoms with Crippen molar-refractivity contribution in [2.45, 2.75) is 22.8 Å². The number of benzene rings is 2. The lowest BCUT2D eigenvalue weighted by Crippen LogP contribution is -2.06. The molecule has 2 aromatic carbocycles. The summed E-state index contributed by atoms with van der Waals surface area (Å²) in [6.45, 7) is 1.83. The third-order valence-electron chi connectivity index (χ3n) is 2.58. The summed E-state index contributed by atoms with van der Waals surface area (Å²) in [6, 6.07) is 9.76. The Balaban J connectivity index is 2.35.